The van der Waals surface area contributed by atoms with Gasteiger partial charge in [0.25, 0.3) is 5.91 Å². The van der Waals surface area contributed by atoms with Gasteiger partial charge in [-0.15, -0.1) is 0 Å². The number of aryl methyl sites for hydroxylation is 3. The van der Waals surface area contributed by atoms with Gasteiger partial charge in [0.15, 0.2) is 5.76 Å². The average molecular weight is 315 g/mol. The normalized spacial score (nSPS) is 10.4. The standard InChI is InChI=1S/C17H21N3O3/c1-11-10-12(2)19-13(3)16(11)20-15(21)7-4-8-18-17(22)14-6-5-9-23-14/h5-6,9-10H,4,7-8H2,1-3H3,(H,18,22)(H,20,21). The van der Waals surface area contributed by atoms with Crippen molar-refractivity contribution in [3.8, 4) is 0 Å². The van der Waals surface area contributed by atoms with E-state index in [0.717, 1.165) is 22.6 Å². The zero-order chi connectivity index (χ0) is 16.8. The summed E-state index contributed by atoms with van der Waals surface area (Å²) in [6.45, 7) is 6.16. The van der Waals surface area contributed by atoms with E-state index in [1.54, 1.807) is 12.1 Å². The maximum absolute atomic E-state index is 12.0. The van der Waals surface area contributed by atoms with E-state index < -0.39 is 0 Å². The molecular weight excluding hydrogens is 294 g/mol. The molecule has 0 unspecified atom stereocenters. The average Bonchev–Trinajstić information content (AvgIpc) is 3.01. The van der Waals surface area contributed by atoms with E-state index in [1.165, 1.54) is 6.26 Å². The molecule has 0 aliphatic carbocycles. The molecule has 2 rings (SSSR count). The van der Waals surface area contributed by atoms with Gasteiger partial charge in [0.05, 0.1) is 17.6 Å². The maximum Gasteiger partial charge on any atom is 0.286 e. The van der Waals surface area contributed by atoms with E-state index >= 15 is 0 Å². The first-order valence-electron chi connectivity index (χ1n) is 7.54. The first-order chi connectivity index (χ1) is 11.0. The van der Waals surface area contributed by atoms with E-state index in [2.05, 4.69) is 15.6 Å². The number of rotatable bonds is 6. The van der Waals surface area contributed by atoms with Crippen molar-refractivity contribution < 1.29 is 14.0 Å². The predicted octanol–water partition coefficient (Wildman–Crippen LogP) is 2.75. The van der Waals surface area contributed by atoms with Gasteiger partial charge in [0, 0.05) is 18.7 Å². The number of anilines is 1. The number of nitrogens with one attached hydrogen (secondary N) is 2. The first-order valence-corrected chi connectivity index (χ1v) is 7.54. The van der Waals surface area contributed by atoms with Gasteiger partial charge in [-0.3, -0.25) is 14.6 Å². The largest absolute Gasteiger partial charge is 0.459 e. The number of carbonyl (C=O) groups is 2. The Bertz CT molecular complexity index is 670. The molecule has 0 aliphatic heterocycles. The lowest BCUT2D eigenvalue weighted by atomic mass is 10.1. The van der Waals surface area contributed by atoms with Crippen LogP contribution >= 0.6 is 0 Å². The summed E-state index contributed by atoms with van der Waals surface area (Å²) in [5, 5.41) is 5.60. The SMILES string of the molecule is Cc1cc(C)c(NC(=O)CCCNC(=O)c2ccco2)c(C)n1. The Morgan fingerprint density at radius 1 is 1.26 bits per heavy atom. The van der Waals surface area contributed by atoms with Crippen molar-refractivity contribution in [2.24, 2.45) is 0 Å². The molecule has 0 bridgehead atoms. The van der Waals surface area contributed by atoms with Crippen LogP contribution in [0, 0.1) is 20.8 Å². The maximum atomic E-state index is 12.0. The minimum Gasteiger partial charge on any atom is -0.459 e. The highest BCUT2D eigenvalue weighted by atomic mass is 16.3. The van der Waals surface area contributed by atoms with Crippen LogP contribution in [0.5, 0.6) is 0 Å². The molecule has 6 nitrogen and oxygen atoms in total. The van der Waals surface area contributed by atoms with E-state index in [1.807, 2.05) is 26.8 Å². The third-order valence-electron chi connectivity index (χ3n) is 3.40. The van der Waals surface area contributed by atoms with Crippen molar-refractivity contribution >= 4 is 17.5 Å². The molecular formula is C17H21N3O3. The summed E-state index contributed by atoms with van der Waals surface area (Å²) in [5.74, 6) is -0.0923. The van der Waals surface area contributed by atoms with Crippen molar-refractivity contribution in [1.82, 2.24) is 10.3 Å². The molecule has 2 aromatic rings. The second kappa shape index (κ2) is 7.58. The van der Waals surface area contributed by atoms with Gasteiger partial charge in [-0.2, -0.15) is 0 Å². The minimum atomic E-state index is -0.273. The van der Waals surface area contributed by atoms with Crippen molar-refractivity contribution in [2.75, 3.05) is 11.9 Å². The van der Waals surface area contributed by atoms with Crippen molar-refractivity contribution in [3.63, 3.8) is 0 Å². The highest BCUT2D eigenvalue weighted by molar-refractivity contribution is 5.92. The number of pyridine rings is 1. The van der Waals surface area contributed by atoms with Crippen LogP contribution in [0.15, 0.2) is 28.9 Å². The fourth-order valence-corrected chi connectivity index (χ4v) is 2.36. The van der Waals surface area contributed by atoms with E-state index in [9.17, 15) is 9.59 Å². The van der Waals surface area contributed by atoms with Gasteiger partial charge in [0.2, 0.25) is 5.91 Å². The molecule has 6 heteroatoms. The minimum absolute atomic E-state index is 0.0888. The van der Waals surface area contributed by atoms with Crippen LogP contribution in [0.2, 0.25) is 0 Å². The van der Waals surface area contributed by atoms with E-state index in [4.69, 9.17) is 4.42 Å². The predicted molar refractivity (Wildman–Crippen MR) is 87.4 cm³/mol. The lowest BCUT2D eigenvalue weighted by molar-refractivity contribution is -0.116. The highest BCUT2D eigenvalue weighted by Gasteiger charge is 2.10. The monoisotopic (exact) mass is 315 g/mol. The quantitative estimate of drug-likeness (QED) is 0.803. The Labute approximate surface area is 135 Å². The number of nitrogens with zero attached hydrogens (tertiary/aromatic N) is 1. The Hall–Kier alpha value is -2.63. The Morgan fingerprint density at radius 3 is 2.70 bits per heavy atom. The molecule has 23 heavy (non-hydrogen) atoms. The van der Waals surface area contributed by atoms with Crippen LogP contribution in [0.1, 0.15) is 40.3 Å². The molecule has 0 saturated heterocycles. The second-order valence-corrected chi connectivity index (χ2v) is 5.43. The van der Waals surface area contributed by atoms with Crippen LogP contribution < -0.4 is 10.6 Å². The molecule has 2 heterocycles. The third-order valence-corrected chi connectivity index (χ3v) is 3.40. The lowest BCUT2D eigenvalue weighted by Gasteiger charge is -2.12. The van der Waals surface area contributed by atoms with Gasteiger partial charge >= 0.3 is 0 Å². The molecule has 0 fully saturated rings. The van der Waals surface area contributed by atoms with Gasteiger partial charge in [0.1, 0.15) is 0 Å². The van der Waals surface area contributed by atoms with Crippen LogP contribution in [-0.2, 0) is 4.79 Å². The van der Waals surface area contributed by atoms with Crippen LogP contribution in [0.4, 0.5) is 5.69 Å². The summed E-state index contributed by atoms with van der Waals surface area (Å²) in [5.41, 5.74) is 3.50. The number of aromatic nitrogens is 1. The van der Waals surface area contributed by atoms with E-state index in [0.29, 0.717) is 19.4 Å². The number of carbonyl (C=O) groups excluding carboxylic acids is 2. The Kier molecular flexibility index (Phi) is 5.51. The lowest BCUT2D eigenvalue weighted by Crippen LogP contribution is -2.25. The highest BCUT2D eigenvalue weighted by Crippen LogP contribution is 2.19. The van der Waals surface area contributed by atoms with Crippen LogP contribution in [0.3, 0.4) is 0 Å². The van der Waals surface area contributed by atoms with Gasteiger partial charge in [-0.25, -0.2) is 0 Å². The Balaban J connectivity index is 1.77. The topological polar surface area (TPSA) is 84.2 Å². The molecule has 2 aromatic heterocycles. The molecule has 0 aromatic carbocycles. The van der Waals surface area contributed by atoms with Crippen molar-refractivity contribution in [1.29, 1.82) is 0 Å². The van der Waals surface area contributed by atoms with Gasteiger partial charge in [-0.05, 0) is 51.0 Å². The summed E-state index contributed by atoms with van der Waals surface area (Å²) in [4.78, 5) is 28.0. The number of hydrogen-bond donors (Lipinski definition) is 2. The van der Waals surface area contributed by atoms with Crippen LogP contribution in [0.25, 0.3) is 0 Å². The summed E-state index contributed by atoms with van der Waals surface area (Å²) in [6.07, 6.45) is 2.32. The second-order valence-electron chi connectivity index (χ2n) is 5.43. The number of hydrogen-bond acceptors (Lipinski definition) is 4. The van der Waals surface area contributed by atoms with Crippen molar-refractivity contribution in [2.45, 2.75) is 33.6 Å². The molecule has 0 atom stereocenters. The van der Waals surface area contributed by atoms with Crippen LogP contribution in [-0.4, -0.2) is 23.3 Å². The van der Waals surface area contributed by atoms with Crippen molar-refractivity contribution in [3.05, 3.63) is 47.2 Å². The number of furan rings is 1. The molecule has 0 saturated carbocycles. The summed E-state index contributed by atoms with van der Waals surface area (Å²) in [6, 6.07) is 5.19. The molecule has 0 aliphatic rings. The zero-order valence-electron chi connectivity index (χ0n) is 13.6. The Morgan fingerprint density at radius 2 is 2.04 bits per heavy atom. The fraction of sp³-hybridized carbons (Fsp3) is 0.353. The molecule has 122 valence electrons. The third kappa shape index (κ3) is 4.67. The summed E-state index contributed by atoms with van der Waals surface area (Å²) in [7, 11) is 0. The first kappa shape index (κ1) is 16.7. The molecule has 0 spiro atoms. The summed E-state index contributed by atoms with van der Waals surface area (Å²) < 4.78 is 4.99. The molecule has 0 radical (unpaired) electrons. The number of amides is 2. The molecule has 2 amide bonds. The van der Waals surface area contributed by atoms with Gasteiger partial charge < -0.3 is 15.1 Å². The molecule has 2 N–H and O–H groups in total. The summed E-state index contributed by atoms with van der Waals surface area (Å²) >= 11 is 0. The van der Waals surface area contributed by atoms with E-state index in [-0.39, 0.29) is 17.6 Å². The fourth-order valence-electron chi connectivity index (χ4n) is 2.36. The smallest absolute Gasteiger partial charge is 0.286 e. The zero-order valence-corrected chi connectivity index (χ0v) is 13.6. The van der Waals surface area contributed by atoms with Gasteiger partial charge in [-0.1, -0.05) is 0 Å².